The maximum atomic E-state index is 11.7. The molecule has 0 spiro atoms. The predicted octanol–water partition coefficient (Wildman–Crippen LogP) is 3.79. The molecule has 2 heterocycles. The average molecular weight is 346 g/mol. The summed E-state index contributed by atoms with van der Waals surface area (Å²) in [6.07, 6.45) is 5.38. The second kappa shape index (κ2) is 7.87. The number of nitrogens with one attached hydrogen (secondary N) is 1. The number of aromatic nitrogens is 3. The van der Waals surface area contributed by atoms with Gasteiger partial charge < -0.3 is 5.32 Å². The summed E-state index contributed by atoms with van der Waals surface area (Å²) in [6.45, 7) is 6.18. The van der Waals surface area contributed by atoms with E-state index in [9.17, 15) is 4.79 Å². The Morgan fingerprint density at radius 1 is 1.04 bits per heavy atom. The van der Waals surface area contributed by atoms with Gasteiger partial charge in [-0.05, 0) is 30.2 Å². The van der Waals surface area contributed by atoms with Crippen molar-refractivity contribution in [3.8, 4) is 22.4 Å². The SMILES string of the molecule is Cc1ncc(-c2ccncc2)c(-c2ccc(CNC(=O)C(C)C)cc2)n1. The standard InChI is InChI=1S/C21H22N4O/c1-14(2)21(26)24-12-16-4-6-18(7-5-16)20-19(13-23-15(3)25-20)17-8-10-22-11-9-17/h4-11,13-14H,12H2,1-3H3,(H,24,26). The Morgan fingerprint density at radius 3 is 2.38 bits per heavy atom. The van der Waals surface area contributed by atoms with E-state index < -0.39 is 0 Å². The lowest BCUT2D eigenvalue weighted by Crippen LogP contribution is -2.27. The van der Waals surface area contributed by atoms with Gasteiger partial charge in [-0.1, -0.05) is 38.1 Å². The third-order valence-electron chi connectivity index (χ3n) is 4.12. The van der Waals surface area contributed by atoms with Crippen molar-refractivity contribution in [3.63, 3.8) is 0 Å². The molecule has 132 valence electrons. The van der Waals surface area contributed by atoms with Gasteiger partial charge >= 0.3 is 0 Å². The Hall–Kier alpha value is -3.08. The minimum absolute atomic E-state index is 0.0128. The molecule has 26 heavy (non-hydrogen) atoms. The van der Waals surface area contributed by atoms with E-state index in [-0.39, 0.29) is 11.8 Å². The maximum absolute atomic E-state index is 11.7. The number of hydrogen-bond acceptors (Lipinski definition) is 4. The highest BCUT2D eigenvalue weighted by Crippen LogP contribution is 2.29. The van der Waals surface area contributed by atoms with Crippen LogP contribution in [-0.2, 0) is 11.3 Å². The second-order valence-corrected chi connectivity index (χ2v) is 6.48. The Balaban J connectivity index is 1.88. The van der Waals surface area contributed by atoms with Crippen LogP contribution in [0.15, 0.2) is 55.0 Å². The lowest BCUT2D eigenvalue weighted by atomic mass is 10.0. The Morgan fingerprint density at radius 2 is 1.73 bits per heavy atom. The molecule has 5 heteroatoms. The highest BCUT2D eigenvalue weighted by Gasteiger charge is 2.11. The van der Waals surface area contributed by atoms with E-state index in [2.05, 4.69) is 20.3 Å². The van der Waals surface area contributed by atoms with Crippen LogP contribution in [0.5, 0.6) is 0 Å². The summed E-state index contributed by atoms with van der Waals surface area (Å²) in [4.78, 5) is 24.8. The molecule has 0 atom stereocenters. The third kappa shape index (κ3) is 4.11. The predicted molar refractivity (Wildman–Crippen MR) is 102 cm³/mol. The van der Waals surface area contributed by atoms with Gasteiger partial charge in [-0.2, -0.15) is 0 Å². The van der Waals surface area contributed by atoms with Crippen LogP contribution in [0, 0.1) is 12.8 Å². The molecular formula is C21H22N4O. The van der Waals surface area contributed by atoms with Gasteiger partial charge in [0.05, 0.1) is 5.69 Å². The number of rotatable bonds is 5. The second-order valence-electron chi connectivity index (χ2n) is 6.48. The molecule has 0 fully saturated rings. The van der Waals surface area contributed by atoms with Crippen LogP contribution in [-0.4, -0.2) is 20.9 Å². The highest BCUT2D eigenvalue weighted by atomic mass is 16.1. The fourth-order valence-electron chi connectivity index (χ4n) is 2.61. The van der Waals surface area contributed by atoms with Crippen molar-refractivity contribution in [1.82, 2.24) is 20.3 Å². The van der Waals surface area contributed by atoms with E-state index >= 15 is 0 Å². The zero-order valence-corrected chi connectivity index (χ0v) is 15.2. The van der Waals surface area contributed by atoms with Gasteiger partial charge in [-0.25, -0.2) is 9.97 Å². The van der Waals surface area contributed by atoms with Crippen molar-refractivity contribution in [2.75, 3.05) is 0 Å². The Labute approximate surface area is 153 Å². The Kier molecular flexibility index (Phi) is 5.37. The van der Waals surface area contributed by atoms with Crippen molar-refractivity contribution in [3.05, 3.63) is 66.4 Å². The lowest BCUT2D eigenvalue weighted by Gasteiger charge is -2.11. The number of carbonyl (C=O) groups is 1. The van der Waals surface area contributed by atoms with Crippen molar-refractivity contribution in [1.29, 1.82) is 0 Å². The normalized spacial score (nSPS) is 10.8. The van der Waals surface area contributed by atoms with Gasteiger partial charge in [-0.3, -0.25) is 9.78 Å². The molecule has 0 bridgehead atoms. The number of benzene rings is 1. The molecule has 1 amide bonds. The van der Waals surface area contributed by atoms with Crippen LogP contribution in [0.25, 0.3) is 22.4 Å². The van der Waals surface area contributed by atoms with Crippen molar-refractivity contribution in [2.45, 2.75) is 27.3 Å². The summed E-state index contributed by atoms with van der Waals surface area (Å²) >= 11 is 0. The number of carbonyl (C=O) groups excluding carboxylic acids is 1. The maximum Gasteiger partial charge on any atom is 0.222 e. The first kappa shape index (κ1) is 17.7. The first-order valence-electron chi connectivity index (χ1n) is 8.65. The van der Waals surface area contributed by atoms with E-state index in [1.807, 2.05) is 63.4 Å². The van der Waals surface area contributed by atoms with E-state index in [0.717, 1.165) is 33.8 Å². The molecule has 0 saturated heterocycles. The molecule has 5 nitrogen and oxygen atoms in total. The molecular weight excluding hydrogens is 324 g/mol. The molecule has 0 saturated carbocycles. The molecule has 0 aliphatic rings. The van der Waals surface area contributed by atoms with Gasteiger partial charge in [0.15, 0.2) is 0 Å². The molecule has 0 aliphatic carbocycles. The van der Waals surface area contributed by atoms with Crippen LogP contribution in [0.3, 0.4) is 0 Å². The molecule has 1 aromatic carbocycles. The van der Waals surface area contributed by atoms with Crippen molar-refractivity contribution < 1.29 is 4.79 Å². The minimum atomic E-state index is -0.0128. The topological polar surface area (TPSA) is 67.8 Å². The molecule has 2 aromatic heterocycles. The first-order chi connectivity index (χ1) is 12.5. The van der Waals surface area contributed by atoms with E-state index in [0.29, 0.717) is 6.54 Å². The Bertz CT molecular complexity index is 890. The summed E-state index contributed by atoms with van der Waals surface area (Å²) in [5.41, 5.74) is 4.96. The first-order valence-corrected chi connectivity index (χ1v) is 8.65. The van der Waals surface area contributed by atoms with Crippen LogP contribution in [0.2, 0.25) is 0 Å². The summed E-state index contributed by atoms with van der Waals surface area (Å²) in [5.74, 6) is 0.771. The minimum Gasteiger partial charge on any atom is -0.352 e. The summed E-state index contributed by atoms with van der Waals surface area (Å²) in [5, 5.41) is 2.93. The van der Waals surface area contributed by atoms with Gasteiger partial charge in [0.2, 0.25) is 5.91 Å². The number of amides is 1. The van der Waals surface area contributed by atoms with E-state index in [4.69, 9.17) is 0 Å². The largest absolute Gasteiger partial charge is 0.352 e. The van der Waals surface area contributed by atoms with Crippen molar-refractivity contribution in [2.24, 2.45) is 5.92 Å². The molecule has 1 N–H and O–H groups in total. The fraction of sp³-hybridized carbons (Fsp3) is 0.238. The zero-order chi connectivity index (χ0) is 18.5. The van der Waals surface area contributed by atoms with E-state index in [1.165, 1.54) is 0 Å². The average Bonchev–Trinajstić information content (AvgIpc) is 2.67. The number of pyridine rings is 1. The number of hydrogen-bond donors (Lipinski definition) is 1. The van der Waals surface area contributed by atoms with Crippen molar-refractivity contribution >= 4 is 5.91 Å². The van der Waals surface area contributed by atoms with Crippen LogP contribution >= 0.6 is 0 Å². The van der Waals surface area contributed by atoms with Gasteiger partial charge in [0.1, 0.15) is 5.82 Å². The number of aryl methyl sites for hydroxylation is 1. The third-order valence-corrected chi connectivity index (χ3v) is 4.12. The molecule has 3 aromatic rings. The van der Waals surface area contributed by atoms with Gasteiger partial charge in [-0.15, -0.1) is 0 Å². The highest BCUT2D eigenvalue weighted by molar-refractivity contribution is 5.80. The molecule has 0 unspecified atom stereocenters. The zero-order valence-electron chi connectivity index (χ0n) is 15.2. The van der Waals surface area contributed by atoms with Crippen LogP contribution < -0.4 is 5.32 Å². The fourth-order valence-corrected chi connectivity index (χ4v) is 2.61. The quantitative estimate of drug-likeness (QED) is 0.763. The van der Waals surface area contributed by atoms with Crippen LogP contribution in [0.4, 0.5) is 0 Å². The lowest BCUT2D eigenvalue weighted by molar-refractivity contribution is -0.124. The van der Waals surface area contributed by atoms with Gasteiger partial charge in [0, 0.05) is 42.2 Å². The van der Waals surface area contributed by atoms with Gasteiger partial charge in [0.25, 0.3) is 0 Å². The number of nitrogens with zero attached hydrogens (tertiary/aromatic N) is 3. The summed E-state index contributed by atoms with van der Waals surface area (Å²) in [6, 6.07) is 12.0. The van der Waals surface area contributed by atoms with Crippen LogP contribution in [0.1, 0.15) is 25.2 Å². The monoisotopic (exact) mass is 346 g/mol. The molecule has 0 radical (unpaired) electrons. The molecule has 0 aliphatic heterocycles. The summed E-state index contributed by atoms with van der Waals surface area (Å²) in [7, 11) is 0. The molecule has 3 rings (SSSR count). The van der Waals surface area contributed by atoms with E-state index in [1.54, 1.807) is 12.4 Å². The smallest absolute Gasteiger partial charge is 0.222 e. The summed E-state index contributed by atoms with van der Waals surface area (Å²) < 4.78 is 0.